The van der Waals surface area contributed by atoms with Gasteiger partial charge in [0.05, 0.1) is 24.7 Å². The lowest BCUT2D eigenvalue weighted by molar-refractivity contribution is -0.139. The van der Waals surface area contributed by atoms with Crippen molar-refractivity contribution < 1.29 is 14.3 Å². The fourth-order valence-electron chi connectivity index (χ4n) is 2.18. The monoisotopic (exact) mass is 372 g/mol. The Labute approximate surface area is 135 Å². The molecule has 0 atom stereocenters. The molecule has 0 saturated carbocycles. The average Bonchev–Trinajstić information content (AvgIpc) is 2.96. The number of ether oxygens (including phenoxy) is 1. The van der Waals surface area contributed by atoms with E-state index in [-0.39, 0.29) is 24.2 Å². The van der Waals surface area contributed by atoms with E-state index >= 15 is 0 Å². The molecule has 0 radical (unpaired) electrons. The first kappa shape index (κ1) is 15.9. The van der Waals surface area contributed by atoms with Gasteiger partial charge in [-0.3, -0.25) is 9.59 Å². The van der Waals surface area contributed by atoms with E-state index in [1.165, 1.54) is 7.11 Å². The number of carbonyl (C=O) groups excluding carboxylic acids is 2. The van der Waals surface area contributed by atoms with Crippen LogP contribution in [-0.4, -0.2) is 29.9 Å². The Morgan fingerprint density at radius 2 is 2.19 bits per heavy atom. The standard InChI is InChI=1S/C14H14BrClN2O3/c1-7-9(5-11(20)21-2)12(15)8-3-4-17-14(8)13(7)18-10(19)6-16/h3-4,17H,5-6H2,1-2H3,(H,18,19). The first-order chi connectivity index (χ1) is 9.99. The van der Waals surface area contributed by atoms with Crippen molar-refractivity contribution in [2.24, 2.45) is 0 Å². The molecule has 0 aliphatic rings. The van der Waals surface area contributed by atoms with Crippen molar-refractivity contribution in [3.05, 3.63) is 27.9 Å². The highest BCUT2D eigenvalue weighted by molar-refractivity contribution is 9.10. The zero-order chi connectivity index (χ0) is 15.6. The number of rotatable bonds is 4. The summed E-state index contributed by atoms with van der Waals surface area (Å²) in [5, 5.41) is 3.65. The molecule has 1 amide bonds. The van der Waals surface area contributed by atoms with Crippen LogP contribution in [0.2, 0.25) is 0 Å². The van der Waals surface area contributed by atoms with Crippen LogP contribution in [-0.2, 0) is 20.7 Å². The van der Waals surface area contributed by atoms with Gasteiger partial charge in [0.1, 0.15) is 5.88 Å². The number of methoxy groups -OCH3 is 1. The van der Waals surface area contributed by atoms with E-state index in [0.29, 0.717) is 5.69 Å². The molecule has 1 aromatic carbocycles. The molecule has 21 heavy (non-hydrogen) atoms. The molecule has 7 heteroatoms. The van der Waals surface area contributed by atoms with Gasteiger partial charge in [0.15, 0.2) is 0 Å². The Morgan fingerprint density at radius 1 is 1.48 bits per heavy atom. The minimum absolute atomic E-state index is 0.119. The fraction of sp³-hybridized carbons (Fsp3) is 0.286. The molecule has 0 aliphatic carbocycles. The summed E-state index contributed by atoms with van der Waals surface area (Å²) in [4.78, 5) is 26.3. The minimum atomic E-state index is -0.344. The zero-order valence-electron chi connectivity index (χ0n) is 11.5. The molecule has 2 aromatic rings. The first-order valence-corrected chi connectivity index (χ1v) is 7.53. The average molecular weight is 374 g/mol. The van der Waals surface area contributed by atoms with E-state index in [9.17, 15) is 9.59 Å². The van der Waals surface area contributed by atoms with Gasteiger partial charge in [-0.05, 0) is 40.0 Å². The summed E-state index contributed by atoms with van der Waals surface area (Å²) in [6.07, 6.45) is 1.89. The number of fused-ring (bicyclic) bond motifs is 1. The van der Waals surface area contributed by atoms with E-state index in [0.717, 1.165) is 26.5 Å². The van der Waals surface area contributed by atoms with Crippen LogP contribution in [0, 0.1) is 6.92 Å². The third-order valence-electron chi connectivity index (χ3n) is 3.26. The van der Waals surface area contributed by atoms with Crippen LogP contribution in [0.1, 0.15) is 11.1 Å². The van der Waals surface area contributed by atoms with Crippen molar-refractivity contribution in [1.82, 2.24) is 4.98 Å². The van der Waals surface area contributed by atoms with Crippen molar-refractivity contribution in [1.29, 1.82) is 0 Å². The summed E-state index contributed by atoms with van der Waals surface area (Å²) in [5.74, 6) is -0.783. The van der Waals surface area contributed by atoms with Crippen molar-refractivity contribution in [2.45, 2.75) is 13.3 Å². The number of carbonyl (C=O) groups is 2. The van der Waals surface area contributed by atoms with Crippen molar-refractivity contribution in [2.75, 3.05) is 18.3 Å². The molecule has 2 rings (SSSR count). The lowest BCUT2D eigenvalue weighted by Gasteiger charge is -2.15. The second kappa shape index (κ2) is 6.49. The first-order valence-electron chi connectivity index (χ1n) is 6.20. The van der Waals surface area contributed by atoms with E-state index in [2.05, 4.69) is 26.2 Å². The maximum atomic E-state index is 11.6. The fourth-order valence-corrected chi connectivity index (χ4v) is 3.02. The molecular weight excluding hydrogens is 360 g/mol. The number of H-pyrrole nitrogens is 1. The molecule has 1 heterocycles. The molecule has 5 nitrogen and oxygen atoms in total. The Morgan fingerprint density at radius 3 is 2.81 bits per heavy atom. The molecule has 0 bridgehead atoms. The number of aromatic nitrogens is 1. The normalized spacial score (nSPS) is 10.7. The number of aromatic amines is 1. The molecular formula is C14H14BrClN2O3. The number of benzene rings is 1. The Hall–Kier alpha value is -1.53. The van der Waals surface area contributed by atoms with Gasteiger partial charge in [-0.25, -0.2) is 0 Å². The highest BCUT2D eigenvalue weighted by atomic mass is 79.9. The number of amides is 1. The molecule has 2 N–H and O–H groups in total. The van der Waals surface area contributed by atoms with Crippen LogP contribution in [0.25, 0.3) is 10.9 Å². The molecule has 112 valence electrons. The third-order valence-corrected chi connectivity index (χ3v) is 4.41. The predicted octanol–water partition coefficient (Wildman–Crippen LogP) is 3.13. The van der Waals surface area contributed by atoms with Crippen LogP contribution < -0.4 is 5.32 Å². The lowest BCUT2D eigenvalue weighted by atomic mass is 10.0. The van der Waals surface area contributed by atoms with Gasteiger partial charge < -0.3 is 15.0 Å². The Kier molecular flexibility index (Phi) is 4.90. The number of hydrogen-bond acceptors (Lipinski definition) is 3. The second-order valence-corrected chi connectivity index (χ2v) is 5.55. The number of anilines is 1. The molecule has 0 saturated heterocycles. The van der Waals surface area contributed by atoms with Crippen molar-refractivity contribution in [3.63, 3.8) is 0 Å². The topological polar surface area (TPSA) is 71.2 Å². The largest absolute Gasteiger partial charge is 0.469 e. The van der Waals surface area contributed by atoms with Gasteiger partial charge in [-0.2, -0.15) is 0 Å². The second-order valence-electron chi connectivity index (χ2n) is 4.49. The van der Waals surface area contributed by atoms with Gasteiger partial charge in [0.2, 0.25) is 5.91 Å². The summed E-state index contributed by atoms with van der Waals surface area (Å²) in [6.45, 7) is 1.84. The maximum absolute atomic E-state index is 11.6. The van der Waals surface area contributed by atoms with Crippen molar-refractivity contribution >= 4 is 56.0 Å². The quantitative estimate of drug-likeness (QED) is 0.639. The van der Waals surface area contributed by atoms with E-state index in [1.54, 1.807) is 6.20 Å². The lowest BCUT2D eigenvalue weighted by Crippen LogP contribution is -2.15. The van der Waals surface area contributed by atoms with Gasteiger partial charge in [0.25, 0.3) is 0 Å². The number of alkyl halides is 1. The van der Waals surface area contributed by atoms with Crippen molar-refractivity contribution in [3.8, 4) is 0 Å². The number of esters is 1. The van der Waals surface area contributed by atoms with Gasteiger partial charge in [0, 0.05) is 16.1 Å². The summed E-state index contributed by atoms with van der Waals surface area (Å²) in [5.41, 5.74) is 2.98. The number of hydrogen-bond donors (Lipinski definition) is 2. The Bertz CT molecular complexity index is 712. The van der Waals surface area contributed by atoms with Crippen LogP contribution in [0.5, 0.6) is 0 Å². The smallest absolute Gasteiger partial charge is 0.310 e. The van der Waals surface area contributed by atoms with E-state index in [1.807, 2.05) is 13.0 Å². The van der Waals surface area contributed by atoms with E-state index in [4.69, 9.17) is 16.3 Å². The van der Waals surface area contributed by atoms with Gasteiger partial charge in [-0.15, -0.1) is 11.6 Å². The zero-order valence-corrected chi connectivity index (χ0v) is 13.9. The molecule has 0 unspecified atom stereocenters. The third kappa shape index (κ3) is 3.06. The molecule has 0 aliphatic heterocycles. The summed E-state index contributed by atoms with van der Waals surface area (Å²) >= 11 is 9.07. The molecule has 0 fully saturated rings. The Balaban J connectivity index is 2.63. The molecule has 0 spiro atoms. The SMILES string of the molecule is COC(=O)Cc1c(C)c(NC(=O)CCl)c2[nH]ccc2c1Br. The predicted molar refractivity (Wildman–Crippen MR) is 85.8 cm³/mol. The van der Waals surface area contributed by atoms with Crippen LogP contribution >= 0.6 is 27.5 Å². The minimum Gasteiger partial charge on any atom is -0.469 e. The summed E-state index contributed by atoms with van der Waals surface area (Å²) in [6, 6.07) is 1.87. The highest BCUT2D eigenvalue weighted by Gasteiger charge is 2.19. The number of nitrogens with one attached hydrogen (secondary N) is 2. The van der Waals surface area contributed by atoms with Crippen LogP contribution in [0.3, 0.4) is 0 Å². The van der Waals surface area contributed by atoms with Crippen LogP contribution in [0.15, 0.2) is 16.7 Å². The number of halogens is 2. The van der Waals surface area contributed by atoms with Crippen LogP contribution in [0.4, 0.5) is 5.69 Å². The summed E-state index contributed by atoms with van der Waals surface area (Å²) in [7, 11) is 1.34. The van der Waals surface area contributed by atoms with Gasteiger partial charge >= 0.3 is 5.97 Å². The highest BCUT2D eigenvalue weighted by Crippen LogP contribution is 2.37. The summed E-state index contributed by atoms with van der Waals surface area (Å²) < 4.78 is 5.53. The molecule has 1 aromatic heterocycles. The van der Waals surface area contributed by atoms with E-state index < -0.39 is 0 Å². The maximum Gasteiger partial charge on any atom is 0.310 e. The van der Waals surface area contributed by atoms with Gasteiger partial charge in [-0.1, -0.05) is 0 Å².